The van der Waals surface area contributed by atoms with E-state index >= 15 is 0 Å². The fraction of sp³-hybridized carbons (Fsp3) is 0.706. The molecule has 4 heteroatoms. The van der Waals surface area contributed by atoms with Gasteiger partial charge in [0.15, 0.2) is 11.6 Å². The topological polar surface area (TPSA) is 37.0 Å². The molecule has 0 aliphatic heterocycles. The van der Waals surface area contributed by atoms with Crippen molar-refractivity contribution in [3.05, 3.63) is 23.6 Å². The molecule has 1 aromatic rings. The van der Waals surface area contributed by atoms with Crippen molar-refractivity contribution in [1.82, 2.24) is 10.3 Å². The summed E-state index contributed by atoms with van der Waals surface area (Å²) in [5.74, 6) is 1.54. The molecule has 2 N–H and O–H groups in total. The molecule has 1 aliphatic rings. The number of aromatic nitrogens is 1. The minimum atomic E-state index is -0.222. The van der Waals surface area contributed by atoms with Crippen LogP contribution in [-0.4, -0.2) is 17.1 Å². The van der Waals surface area contributed by atoms with Crippen LogP contribution in [0.3, 0.4) is 0 Å². The first kappa shape index (κ1) is 16.2. The normalized spacial score (nSPS) is 22.5. The van der Waals surface area contributed by atoms with Gasteiger partial charge in [-0.3, -0.25) is 0 Å². The zero-order valence-corrected chi connectivity index (χ0v) is 13.7. The molecule has 21 heavy (non-hydrogen) atoms. The van der Waals surface area contributed by atoms with Gasteiger partial charge < -0.3 is 10.6 Å². The summed E-state index contributed by atoms with van der Waals surface area (Å²) in [6.07, 6.45) is 5.50. The molecule has 0 radical (unpaired) electrons. The van der Waals surface area contributed by atoms with E-state index in [4.69, 9.17) is 0 Å². The van der Waals surface area contributed by atoms with E-state index in [0.29, 0.717) is 23.8 Å². The van der Waals surface area contributed by atoms with Crippen molar-refractivity contribution in [3.8, 4) is 0 Å². The van der Waals surface area contributed by atoms with Crippen molar-refractivity contribution in [2.24, 2.45) is 11.8 Å². The molecule has 0 bridgehead atoms. The molecule has 1 fully saturated rings. The first-order valence-electron chi connectivity index (χ1n) is 7.99. The molecule has 2 rings (SSSR count). The van der Waals surface area contributed by atoms with Crippen LogP contribution in [0.5, 0.6) is 0 Å². The number of anilines is 1. The Morgan fingerprint density at radius 1 is 1.33 bits per heavy atom. The largest absolute Gasteiger partial charge is 0.367 e. The highest BCUT2D eigenvalue weighted by atomic mass is 19.1. The minimum Gasteiger partial charge on any atom is -0.367 e. The fourth-order valence-electron chi connectivity index (χ4n) is 2.86. The summed E-state index contributed by atoms with van der Waals surface area (Å²) in [5, 5.41) is 6.52. The van der Waals surface area contributed by atoms with Gasteiger partial charge in [-0.15, -0.1) is 0 Å². The Morgan fingerprint density at radius 3 is 2.71 bits per heavy atom. The lowest BCUT2D eigenvalue weighted by atomic mass is 9.98. The summed E-state index contributed by atoms with van der Waals surface area (Å²) in [5.41, 5.74) is 0.643. The van der Waals surface area contributed by atoms with Crippen LogP contribution >= 0.6 is 0 Å². The van der Waals surface area contributed by atoms with Gasteiger partial charge in [-0.25, -0.2) is 9.37 Å². The van der Waals surface area contributed by atoms with E-state index in [9.17, 15) is 4.39 Å². The Labute approximate surface area is 127 Å². The van der Waals surface area contributed by atoms with E-state index in [1.807, 2.05) is 0 Å². The van der Waals surface area contributed by atoms with Crippen LogP contribution in [0.1, 0.15) is 52.5 Å². The minimum absolute atomic E-state index is 0.0252. The third kappa shape index (κ3) is 4.67. The Bertz CT molecular complexity index is 468. The van der Waals surface area contributed by atoms with Gasteiger partial charge in [0, 0.05) is 30.4 Å². The van der Waals surface area contributed by atoms with E-state index < -0.39 is 0 Å². The van der Waals surface area contributed by atoms with Gasteiger partial charge in [0.25, 0.3) is 0 Å². The highest BCUT2D eigenvalue weighted by Crippen LogP contribution is 2.31. The molecule has 3 nitrogen and oxygen atoms in total. The highest BCUT2D eigenvalue weighted by molar-refractivity contribution is 5.40. The molecular formula is C17H28FN3. The van der Waals surface area contributed by atoms with E-state index in [1.54, 1.807) is 12.3 Å². The van der Waals surface area contributed by atoms with Gasteiger partial charge in [0.05, 0.1) is 0 Å². The zero-order chi connectivity index (χ0) is 15.5. The highest BCUT2D eigenvalue weighted by Gasteiger charge is 2.23. The molecule has 0 spiro atoms. The van der Waals surface area contributed by atoms with Crippen LogP contribution < -0.4 is 10.6 Å². The number of hydrogen-bond donors (Lipinski definition) is 2. The second kappa shape index (κ2) is 6.73. The summed E-state index contributed by atoms with van der Waals surface area (Å²) in [4.78, 5) is 4.16. The fourth-order valence-corrected chi connectivity index (χ4v) is 2.86. The SMILES string of the molecule is CC1CCCC1CNc1nccc(CNC(C)(C)C)c1F. The van der Waals surface area contributed by atoms with Crippen LogP contribution in [0.4, 0.5) is 10.2 Å². The van der Waals surface area contributed by atoms with E-state index in [0.717, 1.165) is 12.5 Å². The lowest BCUT2D eigenvalue weighted by Gasteiger charge is -2.21. The van der Waals surface area contributed by atoms with Crippen LogP contribution in [0.2, 0.25) is 0 Å². The van der Waals surface area contributed by atoms with Crippen LogP contribution in [-0.2, 0) is 6.54 Å². The average molecular weight is 293 g/mol. The molecule has 2 atom stereocenters. The molecule has 0 aromatic carbocycles. The molecule has 0 saturated heterocycles. The smallest absolute Gasteiger partial charge is 0.169 e. The van der Waals surface area contributed by atoms with Crippen molar-refractivity contribution in [2.75, 3.05) is 11.9 Å². The average Bonchev–Trinajstić information content (AvgIpc) is 2.81. The van der Waals surface area contributed by atoms with Gasteiger partial charge >= 0.3 is 0 Å². The molecule has 2 unspecified atom stereocenters. The van der Waals surface area contributed by atoms with Gasteiger partial charge in [-0.1, -0.05) is 19.8 Å². The summed E-state index contributed by atoms with van der Waals surface area (Å²) in [6, 6.07) is 1.75. The Hall–Kier alpha value is -1.16. The van der Waals surface area contributed by atoms with Gasteiger partial charge in [-0.05, 0) is 45.1 Å². The van der Waals surface area contributed by atoms with Crippen molar-refractivity contribution in [2.45, 2.75) is 59.0 Å². The predicted octanol–water partition coefficient (Wildman–Crippen LogP) is 3.96. The van der Waals surface area contributed by atoms with Crippen molar-refractivity contribution < 1.29 is 4.39 Å². The summed E-state index contributed by atoms with van der Waals surface area (Å²) in [7, 11) is 0. The van der Waals surface area contributed by atoms with Gasteiger partial charge in [0.2, 0.25) is 0 Å². The predicted molar refractivity (Wildman–Crippen MR) is 85.8 cm³/mol. The van der Waals surface area contributed by atoms with Crippen molar-refractivity contribution in [1.29, 1.82) is 0 Å². The van der Waals surface area contributed by atoms with Crippen LogP contribution in [0, 0.1) is 17.7 Å². The summed E-state index contributed by atoms with van der Waals surface area (Å²) >= 11 is 0. The third-order valence-corrected chi connectivity index (χ3v) is 4.35. The van der Waals surface area contributed by atoms with E-state index in [1.165, 1.54) is 19.3 Å². The van der Waals surface area contributed by atoms with Gasteiger partial charge in [0.1, 0.15) is 0 Å². The maximum Gasteiger partial charge on any atom is 0.169 e. The lowest BCUT2D eigenvalue weighted by Crippen LogP contribution is -2.35. The monoisotopic (exact) mass is 293 g/mol. The number of nitrogens with one attached hydrogen (secondary N) is 2. The van der Waals surface area contributed by atoms with Gasteiger partial charge in [-0.2, -0.15) is 0 Å². The van der Waals surface area contributed by atoms with Crippen LogP contribution in [0.25, 0.3) is 0 Å². The summed E-state index contributed by atoms with van der Waals surface area (Å²) in [6.45, 7) is 9.85. The molecule has 118 valence electrons. The summed E-state index contributed by atoms with van der Waals surface area (Å²) < 4.78 is 14.5. The van der Waals surface area contributed by atoms with E-state index in [2.05, 4.69) is 43.3 Å². The van der Waals surface area contributed by atoms with Crippen LogP contribution in [0.15, 0.2) is 12.3 Å². The molecular weight excluding hydrogens is 265 g/mol. The quantitative estimate of drug-likeness (QED) is 0.863. The Balaban J connectivity index is 1.97. The number of hydrogen-bond acceptors (Lipinski definition) is 3. The molecule has 0 amide bonds. The second-order valence-electron chi connectivity index (χ2n) is 7.29. The van der Waals surface area contributed by atoms with Crippen molar-refractivity contribution >= 4 is 5.82 Å². The Kier molecular flexibility index (Phi) is 5.20. The molecule has 1 aliphatic carbocycles. The standard InChI is InChI=1S/C17H28FN3/c1-12-6-5-7-13(12)10-20-16-15(18)14(8-9-19-16)11-21-17(2,3)4/h8-9,12-13,21H,5-7,10-11H2,1-4H3,(H,19,20). The number of nitrogens with zero attached hydrogens (tertiary/aromatic N) is 1. The number of halogens is 1. The number of rotatable bonds is 5. The zero-order valence-electron chi connectivity index (χ0n) is 13.7. The Morgan fingerprint density at radius 2 is 2.10 bits per heavy atom. The third-order valence-electron chi connectivity index (χ3n) is 4.35. The number of pyridine rings is 1. The lowest BCUT2D eigenvalue weighted by molar-refractivity contribution is 0.418. The first-order valence-corrected chi connectivity index (χ1v) is 7.99. The molecule has 1 heterocycles. The second-order valence-corrected chi connectivity index (χ2v) is 7.29. The first-order chi connectivity index (χ1) is 9.87. The molecule has 1 aromatic heterocycles. The van der Waals surface area contributed by atoms with E-state index in [-0.39, 0.29) is 11.4 Å². The maximum absolute atomic E-state index is 14.5. The maximum atomic E-state index is 14.5. The molecule has 1 saturated carbocycles. The van der Waals surface area contributed by atoms with Crippen molar-refractivity contribution in [3.63, 3.8) is 0 Å².